The number of rotatable bonds is 5. The van der Waals surface area contributed by atoms with Crippen LogP contribution in [0.4, 0.5) is 5.69 Å². The molecule has 7 heteroatoms. The van der Waals surface area contributed by atoms with Gasteiger partial charge < -0.3 is 10.2 Å². The summed E-state index contributed by atoms with van der Waals surface area (Å²) in [6.45, 7) is 3.88. The third-order valence-electron chi connectivity index (χ3n) is 3.75. The molecule has 0 spiro atoms. The topological polar surface area (TPSA) is 75.9 Å². The Hall–Kier alpha value is -2.44. The smallest absolute Gasteiger partial charge is 0.241 e. The average molecular weight is 286 g/mol. The van der Waals surface area contributed by atoms with Gasteiger partial charge in [0.1, 0.15) is 12.9 Å². The van der Waals surface area contributed by atoms with Crippen LogP contribution in [0.3, 0.4) is 0 Å². The van der Waals surface area contributed by atoms with Gasteiger partial charge in [0.05, 0.1) is 0 Å². The zero-order valence-electron chi connectivity index (χ0n) is 11.9. The van der Waals surface area contributed by atoms with Gasteiger partial charge in [0.15, 0.2) is 0 Å². The maximum Gasteiger partial charge on any atom is 0.241 e. The van der Waals surface area contributed by atoms with Crippen molar-refractivity contribution in [3.8, 4) is 0 Å². The molecule has 1 aromatic heterocycles. The third-order valence-corrected chi connectivity index (χ3v) is 3.75. The van der Waals surface area contributed by atoms with E-state index in [-0.39, 0.29) is 18.5 Å². The van der Waals surface area contributed by atoms with Gasteiger partial charge in [0.2, 0.25) is 5.91 Å². The SMILES string of the molecule is C[C@H](CNC(=O)Cn1cnnn1)N1CCc2ccccc21. The summed E-state index contributed by atoms with van der Waals surface area (Å²) in [5, 5.41) is 13.6. The van der Waals surface area contributed by atoms with E-state index >= 15 is 0 Å². The molecule has 0 saturated carbocycles. The first-order valence-corrected chi connectivity index (χ1v) is 7.06. The van der Waals surface area contributed by atoms with Crippen LogP contribution in [0, 0.1) is 0 Å². The molecule has 0 bridgehead atoms. The minimum absolute atomic E-state index is 0.0818. The van der Waals surface area contributed by atoms with Gasteiger partial charge in [0, 0.05) is 24.8 Å². The van der Waals surface area contributed by atoms with Crippen molar-refractivity contribution in [1.82, 2.24) is 25.5 Å². The van der Waals surface area contributed by atoms with Gasteiger partial charge in [0.25, 0.3) is 0 Å². The molecule has 2 heterocycles. The van der Waals surface area contributed by atoms with E-state index in [9.17, 15) is 4.79 Å². The van der Waals surface area contributed by atoms with Crippen LogP contribution < -0.4 is 10.2 Å². The standard InChI is InChI=1S/C14H18N6O/c1-11(8-15-14(21)9-19-10-16-17-18-19)20-7-6-12-4-2-3-5-13(12)20/h2-5,10-11H,6-9H2,1H3,(H,15,21)/t11-/m1/s1. The number of amides is 1. The molecule has 0 fully saturated rings. The van der Waals surface area contributed by atoms with Gasteiger partial charge >= 0.3 is 0 Å². The molecule has 0 aliphatic carbocycles. The average Bonchev–Trinajstić information content (AvgIpc) is 3.13. The molecule has 1 aliphatic heterocycles. The lowest BCUT2D eigenvalue weighted by molar-refractivity contribution is -0.121. The molecule has 2 aromatic rings. The Kier molecular flexibility index (Phi) is 3.81. The fourth-order valence-electron chi connectivity index (χ4n) is 2.65. The number of nitrogens with one attached hydrogen (secondary N) is 1. The molecular formula is C14H18N6O. The Morgan fingerprint density at radius 1 is 1.43 bits per heavy atom. The van der Waals surface area contributed by atoms with E-state index < -0.39 is 0 Å². The summed E-state index contributed by atoms with van der Waals surface area (Å²) in [6, 6.07) is 8.69. The fourth-order valence-corrected chi connectivity index (χ4v) is 2.65. The third kappa shape index (κ3) is 3.01. The fraction of sp³-hybridized carbons (Fsp3) is 0.429. The molecule has 3 rings (SSSR count). The second-order valence-electron chi connectivity index (χ2n) is 5.23. The van der Waals surface area contributed by atoms with Crippen molar-refractivity contribution >= 4 is 11.6 Å². The lowest BCUT2D eigenvalue weighted by Gasteiger charge is -2.27. The van der Waals surface area contributed by atoms with Gasteiger partial charge in [-0.2, -0.15) is 0 Å². The van der Waals surface area contributed by atoms with Crippen LogP contribution in [-0.2, 0) is 17.8 Å². The minimum Gasteiger partial charge on any atom is -0.366 e. The van der Waals surface area contributed by atoms with Crippen LogP contribution in [0.5, 0.6) is 0 Å². The first-order chi connectivity index (χ1) is 10.2. The molecule has 0 saturated heterocycles. The summed E-state index contributed by atoms with van der Waals surface area (Å²) in [5.41, 5.74) is 2.66. The molecule has 1 N–H and O–H groups in total. The van der Waals surface area contributed by atoms with Crippen LogP contribution in [0.1, 0.15) is 12.5 Å². The van der Waals surface area contributed by atoms with E-state index in [0.717, 1.165) is 13.0 Å². The summed E-state index contributed by atoms with van der Waals surface area (Å²) < 4.78 is 1.41. The van der Waals surface area contributed by atoms with Crippen molar-refractivity contribution in [1.29, 1.82) is 0 Å². The number of anilines is 1. The molecule has 1 amide bonds. The zero-order chi connectivity index (χ0) is 14.7. The van der Waals surface area contributed by atoms with Crippen molar-refractivity contribution in [3.63, 3.8) is 0 Å². The molecule has 21 heavy (non-hydrogen) atoms. The second kappa shape index (κ2) is 5.90. The predicted octanol–water partition coefficient (Wildman–Crippen LogP) is 0.241. The van der Waals surface area contributed by atoms with Crippen LogP contribution in [0.2, 0.25) is 0 Å². The molecule has 1 atom stereocenters. The van der Waals surface area contributed by atoms with Gasteiger partial charge in [-0.1, -0.05) is 18.2 Å². The van der Waals surface area contributed by atoms with Crippen LogP contribution in [0.15, 0.2) is 30.6 Å². The van der Waals surface area contributed by atoms with E-state index in [1.54, 1.807) is 0 Å². The Bertz CT molecular complexity index is 612. The molecule has 1 aliphatic rings. The van der Waals surface area contributed by atoms with Crippen LogP contribution >= 0.6 is 0 Å². The summed E-state index contributed by atoms with van der Waals surface area (Å²) in [7, 11) is 0. The summed E-state index contributed by atoms with van der Waals surface area (Å²) in [4.78, 5) is 14.2. The van der Waals surface area contributed by atoms with Crippen molar-refractivity contribution in [2.24, 2.45) is 0 Å². The highest BCUT2D eigenvalue weighted by molar-refractivity contribution is 5.75. The zero-order valence-corrected chi connectivity index (χ0v) is 11.9. The van der Waals surface area contributed by atoms with Crippen molar-refractivity contribution in [2.45, 2.75) is 25.9 Å². The number of nitrogens with zero attached hydrogens (tertiary/aromatic N) is 5. The quantitative estimate of drug-likeness (QED) is 0.852. The minimum atomic E-state index is -0.0818. The Morgan fingerprint density at radius 3 is 3.10 bits per heavy atom. The van der Waals surface area contributed by atoms with Gasteiger partial charge in [-0.05, 0) is 35.4 Å². The first kappa shape index (κ1) is 13.5. The van der Waals surface area contributed by atoms with Crippen molar-refractivity contribution < 1.29 is 4.79 Å². The van der Waals surface area contributed by atoms with Gasteiger partial charge in [-0.15, -0.1) is 5.10 Å². The Morgan fingerprint density at radius 2 is 2.29 bits per heavy atom. The molecule has 7 nitrogen and oxygen atoms in total. The monoisotopic (exact) mass is 286 g/mol. The van der Waals surface area contributed by atoms with Crippen LogP contribution in [0.25, 0.3) is 0 Å². The highest BCUT2D eigenvalue weighted by Crippen LogP contribution is 2.28. The number of benzene rings is 1. The van der Waals surface area contributed by atoms with E-state index in [2.05, 4.69) is 56.9 Å². The number of carbonyl (C=O) groups excluding carboxylic acids is 1. The maximum atomic E-state index is 11.8. The molecule has 1 aromatic carbocycles. The number of aromatic nitrogens is 4. The Balaban J connectivity index is 1.53. The number of fused-ring (bicyclic) bond motifs is 1. The molecule has 110 valence electrons. The largest absolute Gasteiger partial charge is 0.366 e. The number of para-hydroxylation sites is 1. The van der Waals surface area contributed by atoms with Gasteiger partial charge in [-0.25, -0.2) is 4.68 Å². The van der Waals surface area contributed by atoms with E-state index in [0.29, 0.717) is 6.54 Å². The normalized spacial score (nSPS) is 14.8. The second-order valence-corrected chi connectivity index (χ2v) is 5.23. The summed E-state index contributed by atoms with van der Waals surface area (Å²) >= 11 is 0. The van der Waals surface area contributed by atoms with E-state index in [1.807, 2.05) is 0 Å². The van der Waals surface area contributed by atoms with Crippen molar-refractivity contribution in [3.05, 3.63) is 36.2 Å². The van der Waals surface area contributed by atoms with Gasteiger partial charge in [-0.3, -0.25) is 4.79 Å². The lowest BCUT2D eigenvalue weighted by Crippen LogP contribution is -2.42. The highest BCUT2D eigenvalue weighted by Gasteiger charge is 2.23. The molecular weight excluding hydrogens is 268 g/mol. The summed E-state index contributed by atoms with van der Waals surface area (Å²) in [5.74, 6) is -0.0818. The summed E-state index contributed by atoms with van der Waals surface area (Å²) in [6.07, 6.45) is 2.50. The number of carbonyl (C=O) groups is 1. The highest BCUT2D eigenvalue weighted by atomic mass is 16.2. The lowest BCUT2D eigenvalue weighted by atomic mass is 10.2. The predicted molar refractivity (Wildman–Crippen MR) is 77.8 cm³/mol. The van der Waals surface area contributed by atoms with E-state index in [4.69, 9.17) is 0 Å². The number of hydrogen-bond acceptors (Lipinski definition) is 5. The Labute approximate surface area is 122 Å². The van der Waals surface area contributed by atoms with E-state index in [1.165, 1.54) is 22.3 Å². The number of tetrazole rings is 1. The molecule has 0 unspecified atom stereocenters. The number of hydrogen-bond donors (Lipinski definition) is 1. The van der Waals surface area contributed by atoms with Crippen LogP contribution in [-0.4, -0.2) is 45.2 Å². The molecule has 0 radical (unpaired) electrons. The first-order valence-electron chi connectivity index (χ1n) is 7.06. The van der Waals surface area contributed by atoms with Crippen molar-refractivity contribution in [2.75, 3.05) is 18.0 Å². The maximum absolute atomic E-state index is 11.8.